The van der Waals surface area contributed by atoms with Crippen molar-refractivity contribution >= 4 is 45.3 Å². The second-order valence-electron chi connectivity index (χ2n) is 13.2. The van der Waals surface area contributed by atoms with Crippen LogP contribution in [0.15, 0.2) is 0 Å². The molecule has 10 heteroatoms. The van der Waals surface area contributed by atoms with Gasteiger partial charge >= 0.3 is 11.9 Å². The van der Waals surface area contributed by atoms with E-state index in [1.807, 2.05) is 0 Å². The molecule has 0 heterocycles. The second-order valence-corrected chi connectivity index (χ2v) is 15.8. The fourth-order valence-electron chi connectivity index (χ4n) is 5.65. The quantitative estimate of drug-likeness (QED) is 0.0395. The fourth-order valence-corrected chi connectivity index (χ4v) is 7.94. The lowest BCUT2D eigenvalue weighted by Gasteiger charge is -2.26. The topological polar surface area (TPSA) is 116 Å². The molecule has 2 N–H and O–H groups in total. The molecule has 2 atom stereocenters. The third-order valence-electron chi connectivity index (χ3n) is 8.61. The first-order chi connectivity index (χ1) is 23.3. The SMILES string of the molecule is CCCCCCCCCCCCCCOC(=O)C(N)CSSCC(C(=O)OCCCCCCCCCCCCCC)N(C(C)=O)C(C)=O. The van der Waals surface area contributed by atoms with Gasteiger partial charge < -0.3 is 15.2 Å². The van der Waals surface area contributed by atoms with Crippen LogP contribution in [0.2, 0.25) is 0 Å². The van der Waals surface area contributed by atoms with Crippen molar-refractivity contribution in [1.29, 1.82) is 0 Å². The Morgan fingerprint density at radius 2 is 0.812 bits per heavy atom. The third-order valence-corrected chi connectivity index (χ3v) is 11.0. The summed E-state index contributed by atoms with van der Waals surface area (Å²) in [5, 5.41) is 0. The zero-order chi connectivity index (χ0) is 35.7. The molecule has 0 rings (SSSR count). The molecule has 2 unspecified atom stereocenters. The number of rotatable bonds is 34. The van der Waals surface area contributed by atoms with E-state index in [0.717, 1.165) is 43.4 Å². The number of hydrogen-bond acceptors (Lipinski definition) is 9. The summed E-state index contributed by atoms with van der Waals surface area (Å²) in [7, 11) is 2.61. The monoisotopic (exact) mass is 716 g/mol. The highest BCUT2D eigenvalue weighted by molar-refractivity contribution is 8.76. The van der Waals surface area contributed by atoms with Crippen molar-refractivity contribution in [2.45, 2.75) is 194 Å². The fraction of sp³-hybridized carbons (Fsp3) is 0.895. The van der Waals surface area contributed by atoms with Crippen LogP contribution in [0.5, 0.6) is 0 Å². The van der Waals surface area contributed by atoms with Crippen LogP contribution in [0.1, 0.15) is 182 Å². The van der Waals surface area contributed by atoms with Crippen molar-refractivity contribution in [2.24, 2.45) is 5.73 Å². The van der Waals surface area contributed by atoms with Crippen LogP contribution in [0.25, 0.3) is 0 Å². The molecule has 282 valence electrons. The maximum atomic E-state index is 12.9. The molecule has 0 aliphatic heterocycles. The van der Waals surface area contributed by atoms with Gasteiger partial charge in [-0.2, -0.15) is 0 Å². The molecule has 48 heavy (non-hydrogen) atoms. The molecule has 0 spiro atoms. The lowest BCUT2D eigenvalue weighted by molar-refractivity contribution is -0.159. The molecule has 8 nitrogen and oxygen atoms in total. The highest BCUT2D eigenvalue weighted by Crippen LogP contribution is 2.25. The molecule has 2 amide bonds. The molecular weight excluding hydrogens is 645 g/mol. The Morgan fingerprint density at radius 3 is 1.17 bits per heavy atom. The first-order valence-corrected chi connectivity index (χ1v) is 21.9. The number of amides is 2. The van der Waals surface area contributed by atoms with Gasteiger partial charge in [0.2, 0.25) is 11.8 Å². The van der Waals surface area contributed by atoms with Gasteiger partial charge in [-0.25, -0.2) is 4.79 Å². The van der Waals surface area contributed by atoms with E-state index in [-0.39, 0.29) is 12.4 Å². The average Bonchev–Trinajstić information content (AvgIpc) is 3.05. The minimum absolute atomic E-state index is 0.154. The minimum atomic E-state index is -1.02. The zero-order valence-electron chi connectivity index (χ0n) is 31.2. The number of nitrogens with zero attached hydrogens (tertiary/aromatic N) is 1. The summed E-state index contributed by atoms with van der Waals surface area (Å²) in [6.45, 7) is 7.68. The Morgan fingerprint density at radius 1 is 0.500 bits per heavy atom. The van der Waals surface area contributed by atoms with Gasteiger partial charge in [-0.1, -0.05) is 177 Å². The molecule has 0 aromatic rings. The molecule has 0 aliphatic carbocycles. The number of imide groups is 1. The molecule has 0 aromatic carbocycles. The van der Waals surface area contributed by atoms with Crippen molar-refractivity contribution in [1.82, 2.24) is 4.90 Å². The Hall–Kier alpha value is -1.26. The number of nitrogens with two attached hydrogens (primary N) is 1. The Kier molecular flexibility index (Phi) is 33.3. The van der Waals surface area contributed by atoms with Gasteiger partial charge in [0.05, 0.1) is 13.2 Å². The molecule has 0 saturated heterocycles. The molecular formula is C38H72N2O6S2. The van der Waals surface area contributed by atoms with Crippen LogP contribution in [0.3, 0.4) is 0 Å². The van der Waals surface area contributed by atoms with Crippen molar-refractivity contribution < 1.29 is 28.7 Å². The number of carbonyl (C=O) groups is 4. The average molecular weight is 717 g/mol. The summed E-state index contributed by atoms with van der Waals surface area (Å²) >= 11 is 0. The van der Waals surface area contributed by atoms with Crippen molar-refractivity contribution in [2.75, 3.05) is 24.7 Å². The molecule has 0 fully saturated rings. The Bertz CT molecular complexity index is 802. The molecule has 0 aromatic heterocycles. The molecule has 0 aliphatic rings. The summed E-state index contributed by atoms with van der Waals surface area (Å²) in [6, 6.07) is -1.81. The Balaban J connectivity index is 4.18. The second kappa shape index (κ2) is 34.2. The van der Waals surface area contributed by atoms with Crippen LogP contribution >= 0.6 is 21.6 Å². The van der Waals surface area contributed by atoms with E-state index in [1.54, 1.807) is 0 Å². The minimum Gasteiger partial charge on any atom is -0.465 e. The van der Waals surface area contributed by atoms with E-state index in [0.29, 0.717) is 12.4 Å². The summed E-state index contributed by atoms with van der Waals surface area (Å²) in [5.41, 5.74) is 6.04. The summed E-state index contributed by atoms with van der Waals surface area (Å²) in [5.74, 6) is -1.57. The maximum absolute atomic E-state index is 12.9. The van der Waals surface area contributed by atoms with E-state index in [4.69, 9.17) is 15.2 Å². The summed E-state index contributed by atoms with van der Waals surface area (Å²) < 4.78 is 10.9. The highest BCUT2D eigenvalue weighted by atomic mass is 33.1. The highest BCUT2D eigenvalue weighted by Gasteiger charge is 2.32. The van der Waals surface area contributed by atoms with Gasteiger partial charge in [0, 0.05) is 25.4 Å². The Labute approximate surface area is 302 Å². The van der Waals surface area contributed by atoms with Crippen LogP contribution in [-0.4, -0.2) is 65.5 Å². The van der Waals surface area contributed by atoms with Gasteiger partial charge in [-0.3, -0.25) is 19.3 Å². The first kappa shape index (κ1) is 46.7. The molecule has 0 saturated carbocycles. The van der Waals surface area contributed by atoms with Gasteiger partial charge in [-0.15, -0.1) is 0 Å². The number of hydrogen-bond donors (Lipinski definition) is 1. The van der Waals surface area contributed by atoms with E-state index in [2.05, 4.69) is 13.8 Å². The van der Waals surface area contributed by atoms with Crippen molar-refractivity contribution in [3.63, 3.8) is 0 Å². The van der Waals surface area contributed by atoms with E-state index in [9.17, 15) is 19.2 Å². The number of unbranched alkanes of at least 4 members (excludes halogenated alkanes) is 22. The van der Waals surface area contributed by atoms with Crippen LogP contribution < -0.4 is 5.73 Å². The zero-order valence-corrected chi connectivity index (χ0v) is 32.9. The lowest BCUT2D eigenvalue weighted by Crippen LogP contribution is -2.49. The predicted octanol–water partition coefficient (Wildman–Crippen LogP) is 9.95. The summed E-state index contributed by atoms with van der Waals surface area (Å²) in [6.07, 6.45) is 29.5. The third kappa shape index (κ3) is 27.5. The van der Waals surface area contributed by atoms with Gasteiger partial charge in [0.25, 0.3) is 0 Å². The predicted molar refractivity (Wildman–Crippen MR) is 204 cm³/mol. The van der Waals surface area contributed by atoms with Gasteiger partial charge in [0.1, 0.15) is 12.1 Å². The standard InChI is InChI=1S/C38H72N2O6S2/c1-5-7-9-11-13-15-17-19-21-23-25-27-29-45-37(43)35(39)31-47-48-32-36(40(33(3)41)34(4)42)38(44)46-30-28-26-24-22-20-18-16-14-12-10-8-6-2/h35-36H,5-32,39H2,1-4H3. The number of carbonyl (C=O) groups excluding carboxylic acids is 4. The number of ether oxygens (including phenoxy) is 2. The van der Waals surface area contributed by atoms with Gasteiger partial charge in [-0.05, 0) is 12.8 Å². The molecule has 0 bridgehead atoms. The van der Waals surface area contributed by atoms with Crippen molar-refractivity contribution in [3.05, 3.63) is 0 Å². The number of esters is 2. The largest absolute Gasteiger partial charge is 0.465 e. The van der Waals surface area contributed by atoms with E-state index < -0.39 is 35.8 Å². The van der Waals surface area contributed by atoms with Crippen LogP contribution in [-0.2, 0) is 28.7 Å². The summed E-state index contributed by atoms with van der Waals surface area (Å²) in [4.78, 5) is 50.7. The van der Waals surface area contributed by atoms with Crippen molar-refractivity contribution in [3.8, 4) is 0 Å². The van der Waals surface area contributed by atoms with Crippen LogP contribution in [0.4, 0.5) is 0 Å². The molecule has 0 radical (unpaired) electrons. The smallest absolute Gasteiger partial charge is 0.330 e. The lowest BCUT2D eigenvalue weighted by atomic mass is 10.1. The van der Waals surface area contributed by atoms with E-state index in [1.165, 1.54) is 151 Å². The van der Waals surface area contributed by atoms with Gasteiger partial charge in [0.15, 0.2) is 0 Å². The first-order valence-electron chi connectivity index (χ1n) is 19.4. The normalized spacial score (nSPS) is 12.4. The van der Waals surface area contributed by atoms with E-state index >= 15 is 0 Å². The maximum Gasteiger partial charge on any atom is 0.330 e. The van der Waals surface area contributed by atoms with Crippen LogP contribution in [0, 0.1) is 0 Å².